The molecule has 1 heterocycles. The summed E-state index contributed by atoms with van der Waals surface area (Å²) in [7, 11) is 0. The maximum absolute atomic E-state index is 8.68. The summed E-state index contributed by atoms with van der Waals surface area (Å²) < 4.78 is 11.2. The van der Waals surface area contributed by atoms with Crippen LogP contribution in [0.25, 0.3) is 0 Å². The summed E-state index contributed by atoms with van der Waals surface area (Å²) in [4.78, 5) is 0. The second-order valence-electron chi connectivity index (χ2n) is 5.13. The van der Waals surface area contributed by atoms with Gasteiger partial charge in [-0.15, -0.1) is 0 Å². The number of hydrogen-bond donors (Lipinski definition) is 1. The summed E-state index contributed by atoms with van der Waals surface area (Å²) in [5.74, 6) is 0.720. The molecule has 0 spiro atoms. The molecule has 0 aromatic carbocycles. The fourth-order valence-corrected chi connectivity index (χ4v) is 2.17. The van der Waals surface area contributed by atoms with E-state index in [4.69, 9.17) is 14.6 Å². The molecule has 17 heavy (non-hydrogen) atoms. The van der Waals surface area contributed by atoms with Crippen LogP contribution in [-0.2, 0) is 9.47 Å². The van der Waals surface area contributed by atoms with Crippen molar-refractivity contribution in [1.29, 1.82) is 0 Å². The number of unbranched alkanes of at least 4 members (excludes halogenated alkanes) is 2. The summed E-state index contributed by atoms with van der Waals surface area (Å²) in [6, 6.07) is 0. The van der Waals surface area contributed by atoms with Gasteiger partial charge < -0.3 is 14.6 Å². The van der Waals surface area contributed by atoms with Crippen molar-refractivity contribution in [2.75, 3.05) is 19.8 Å². The van der Waals surface area contributed by atoms with E-state index in [-0.39, 0.29) is 6.29 Å². The fraction of sp³-hybridized carbons (Fsp3) is 1.00. The van der Waals surface area contributed by atoms with Crippen molar-refractivity contribution in [2.45, 2.75) is 64.6 Å². The van der Waals surface area contributed by atoms with E-state index in [9.17, 15) is 0 Å². The van der Waals surface area contributed by atoms with Gasteiger partial charge in [0.15, 0.2) is 6.29 Å². The van der Waals surface area contributed by atoms with Gasteiger partial charge in [0.2, 0.25) is 0 Å². The summed E-state index contributed by atoms with van der Waals surface area (Å²) in [6.07, 6.45) is 9.22. The first-order chi connectivity index (χ1) is 8.33. The van der Waals surface area contributed by atoms with Gasteiger partial charge in [0.1, 0.15) is 0 Å². The minimum Gasteiger partial charge on any atom is -0.396 e. The van der Waals surface area contributed by atoms with E-state index in [1.807, 2.05) is 0 Å². The molecule has 1 fully saturated rings. The maximum atomic E-state index is 8.68. The molecule has 1 saturated heterocycles. The SMILES string of the molecule is C[C@@H](CCCCCO)CCOC1CCCCO1. The number of aliphatic hydroxyl groups is 1. The van der Waals surface area contributed by atoms with Crippen LogP contribution in [0.15, 0.2) is 0 Å². The van der Waals surface area contributed by atoms with Crippen molar-refractivity contribution in [3.63, 3.8) is 0 Å². The lowest BCUT2D eigenvalue weighted by Gasteiger charge is -2.23. The third kappa shape index (κ3) is 7.74. The molecule has 0 radical (unpaired) electrons. The minimum atomic E-state index is 0.0605. The van der Waals surface area contributed by atoms with Crippen LogP contribution < -0.4 is 0 Å². The predicted molar refractivity (Wildman–Crippen MR) is 68.9 cm³/mol. The quantitative estimate of drug-likeness (QED) is 0.633. The van der Waals surface area contributed by atoms with Crippen molar-refractivity contribution in [3.05, 3.63) is 0 Å². The van der Waals surface area contributed by atoms with Gasteiger partial charge in [0.05, 0.1) is 0 Å². The smallest absolute Gasteiger partial charge is 0.157 e. The van der Waals surface area contributed by atoms with Crippen molar-refractivity contribution >= 4 is 0 Å². The van der Waals surface area contributed by atoms with Gasteiger partial charge >= 0.3 is 0 Å². The molecule has 102 valence electrons. The molecule has 1 N–H and O–H groups in total. The highest BCUT2D eigenvalue weighted by atomic mass is 16.7. The Labute approximate surface area is 105 Å². The standard InChI is InChI=1S/C14H28O3/c1-13(7-3-2-5-10-15)9-12-17-14-8-4-6-11-16-14/h13-15H,2-12H2,1H3/t13-,14?/m0/s1. The van der Waals surface area contributed by atoms with Crippen LogP contribution in [0.4, 0.5) is 0 Å². The first-order valence-corrected chi connectivity index (χ1v) is 7.17. The number of aliphatic hydroxyl groups excluding tert-OH is 1. The summed E-state index contributed by atoms with van der Waals surface area (Å²) in [6.45, 7) is 4.30. The molecule has 0 saturated carbocycles. The first-order valence-electron chi connectivity index (χ1n) is 7.17. The number of hydrogen-bond acceptors (Lipinski definition) is 3. The third-order valence-corrected chi connectivity index (χ3v) is 3.41. The largest absolute Gasteiger partial charge is 0.396 e. The van der Waals surface area contributed by atoms with Gasteiger partial charge in [0.25, 0.3) is 0 Å². The lowest BCUT2D eigenvalue weighted by molar-refractivity contribution is -0.164. The van der Waals surface area contributed by atoms with Gasteiger partial charge in [-0.25, -0.2) is 0 Å². The van der Waals surface area contributed by atoms with Crippen LogP contribution in [-0.4, -0.2) is 31.2 Å². The zero-order valence-electron chi connectivity index (χ0n) is 11.2. The van der Waals surface area contributed by atoms with Gasteiger partial charge in [-0.1, -0.05) is 26.2 Å². The van der Waals surface area contributed by atoms with E-state index in [2.05, 4.69) is 6.92 Å². The molecule has 0 amide bonds. The Morgan fingerprint density at radius 1 is 1.24 bits per heavy atom. The van der Waals surface area contributed by atoms with Crippen molar-refractivity contribution in [1.82, 2.24) is 0 Å². The second kappa shape index (κ2) is 9.86. The van der Waals surface area contributed by atoms with Gasteiger partial charge in [-0.05, 0) is 38.0 Å². The average Bonchev–Trinajstić information content (AvgIpc) is 2.36. The van der Waals surface area contributed by atoms with E-state index in [0.29, 0.717) is 6.61 Å². The Balaban J connectivity index is 1.90. The van der Waals surface area contributed by atoms with Crippen LogP contribution >= 0.6 is 0 Å². The van der Waals surface area contributed by atoms with Crippen molar-refractivity contribution in [3.8, 4) is 0 Å². The highest BCUT2D eigenvalue weighted by Gasteiger charge is 2.14. The molecule has 2 atom stereocenters. The molecule has 0 aromatic rings. The Morgan fingerprint density at radius 2 is 2.12 bits per heavy atom. The molecule has 1 rings (SSSR count). The monoisotopic (exact) mass is 244 g/mol. The first kappa shape index (κ1) is 14.9. The van der Waals surface area contributed by atoms with Gasteiger partial charge in [0, 0.05) is 19.8 Å². The third-order valence-electron chi connectivity index (χ3n) is 3.41. The Kier molecular flexibility index (Phi) is 8.67. The highest BCUT2D eigenvalue weighted by Crippen LogP contribution is 2.16. The molecule has 0 aliphatic carbocycles. The molecular weight excluding hydrogens is 216 g/mol. The fourth-order valence-electron chi connectivity index (χ4n) is 2.17. The second-order valence-corrected chi connectivity index (χ2v) is 5.13. The zero-order chi connectivity index (χ0) is 12.3. The lowest BCUT2D eigenvalue weighted by atomic mass is 10.0. The Morgan fingerprint density at radius 3 is 2.82 bits per heavy atom. The van der Waals surface area contributed by atoms with E-state index >= 15 is 0 Å². The minimum absolute atomic E-state index is 0.0605. The van der Waals surface area contributed by atoms with Crippen LogP contribution in [0.1, 0.15) is 58.3 Å². The molecule has 3 heteroatoms. The molecule has 3 nitrogen and oxygen atoms in total. The maximum Gasteiger partial charge on any atom is 0.157 e. The number of ether oxygens (including phenoxy) is 2. The van der Waals surface area contributed by atoms with Crippen LogP contribution in [0.3, 0.4) is 0 Å². The molecule has 0 bridgehead atoms. The highest BCUT2D eigenvalue weighted by molar-refractivity contribution is 4.57. The zero-order valence-corrected chi connectivity index (χ0v) is 11.2. The summed E-state index contributed by atoms with van der Waals surface area (Å²) in [5, 5.41) is 8.68. The van der Waals surface area contributed by atoms with Crippen LogP contribution in [0.2, 0.25) is 0 Å². The van der Waals surface area contributed by atoms with E-state index in [1.165, 1.54) is 25.7 Å². The van der Waals surface area contributed by atoms with E-state index in [1.54, 1.807) is 0 Å². The van der Waals surface area contributed by atoms with Crippen molar-refractivity contribution < 1.29 is 14.6 Å². The van der Waals surface area contributed by atoms with E-state index < -0.39 is 0 Å². The Bertz CT molecular complexity index is 167. The molecular formula is C14H28O3. The topological polar surface area (TPSA) is 38.7 Å². The molecule has 0 aromatic heterocycles. The summed E-state index contributed by atoms with van der Waals surface area (Å²) >= 11 is 0. The van der Waals surface area contributed by atoms with E-state index in [0.717, 1.165) is 44.8 Å². The average molecular weight is 244 g/mol. The molecule has 1 aliphatic rings. The lowest BCUT2D eigenvalue weighted by Crippen LogP contribution is -2.23. The predicted octanol–water partition coefficient (Wildman–Crippen LogP) is 3.11. The summed E-state index contributed by atoms with van der Waals surface area (Å²) in [5.41, 5.74) is 0. The molecule has 1 unspecified atom stereocenters. The van der Waals surface area contributed by atoms with Crippen molar-refractivity contribution in [2.24, 2.45) is 5.92 Å². The van der Waals surface area contributed by atoms with Crippen LogP contribution in [0.5, 0.6) is 0 Å². The van der Waals surface area contributed by atoms with Crippen LogP contribution in [0, 0.1) is 5.92 Å². The Hall–Kier alpha value is -0.120. The number of rotatable bonds is 9. The molecule has 1 aliphatic heterocycles. The van der Waals surface area contributed by atoms with Gasteiger partial charge in [-0.3, -0.25) is 0 Å². The van der Waals surface area contributed by atoms with Gasteiger partial charge in [-0.2, -0.15) is 0 Å². The normalized spacial score (nSPS) is 22.6.